The average molecular weight is 337 g/mol. The molecule has 0 radical (unpaired) electrons. The Kier molecular flexibility index (Phi) is 4.07. The molecule has 1 aromatic heterocycles. The summed E-state index contributed by atoms with van der Waals surface area (Å²) < 4.78 is 5.47. The van der Waals surface area contributed by atoms with Crippen LogP contribution in [0.2, 0.25) is 0 Å². The van der Waals surface area contributed by atoms with Gasteiger partial charge in [-0.05, 0) is 31.0 Å². The smallest absolute Gasteiger partial charge is 0.410 e. The van der Waals surface area contributed by atoms with Crippen LogP contribution in [0.4, 0.5) is 10.5 Å². The van der Waals surface area contributed by atoms with Crippen molar-refractivity contribution in [3.05, 3.63) is 59.4 Å². The lowest BCUT2D eigenvalue weighted by molar-refractivity contribution is 0.103. The molecular formula is C20H23N3O2. The van der Waals surface area contributed by atoms with Gasteiger partial charge in [-0.25, -0.2) is 4.79 Å². The van der Waals surface area contributed by atoms with Crippen molar-refractivity contribution in [1.82, 2.24) is 9.88 Å². The number of carbonyl (C=O) groups excluding carboxylic acids is 1. The lowest BCUT2D eigenvalue weighted by Gasteiger charge is -2.45. The third kappa shape index (κ3) is 3.06. The number of amides is 1. The molecule has 2 aliphatic heterocycles. The lowest BCUT2D eigenvalue weighted by Crippen LogP contribution is -2.55. The molecule has 130 valence electrons. The van der Waals surface area contributed by atoms with Gasteiger partial charge in [-0.2, -0.15) is 0 Å². The molecule has 5 heteroatoms. The number of ether oxygens (including phenoxy) is 1. The number of carbonyl (C=O) groups is 1. The van der Waals surface area contributed by atoms with Gasteiger partial charge in [0, 0.05) is 31.2 Å². The van der Waals surface area contributed by atoms with Crippen LogP contribution in [0.25, 0.3) is 0 Å². The maximum atomic E-state index is 12.4. The molecule has 0 spiro atoms. The van der Waals surface area contributed by atoms with Gasteiger partial charge in [-0.15, -0.1) is 0 Å². The predicted molar refractivity (Wildman–Crippen MR) is 96.5 cm³/mol. The summed E-state index contributed by atoms with van der Waals surface area (Å²) in [5.41, 5.74) is 4.45. The van der Waals surface area contributed by atoms with Gasteiger partial charge in [0.15, 0.2) is 0 Å². The van der Waals surface area contributed by atoms with E-state index >= 15 is 0 Å². The molecule has 0 bridgehead atoms. The summed E-state index contributed by atoms with van der Waals surface area (Å²) in [5, 5.41) is 0. The fourth-order valence-electron chi connectivity index (χ4n) is 3.68. The molecule has 0 aliphatic carbocycles. The molecule has 2 aliphatic rings. The Balaban J connectivity index is 1.35. The first-order valence-electron chi connectivity index (χ1n) is 8.77. The Bertz CT molecular complexity index is 778. The van der Waals surface area contributed by atoms with Crippen LogP contribution in [0.15, 0.2) is 42.6 Å². The zero-order valence-electron chi connectivity index (χ0n) is 14.7. The highest BCUT2D eigenvalue weighted by Gasteiger charge is 2.47. The van der Waals surface area contributed by atoms with Gasteiger partial charge in [0.1, 0.15) is 6.61 Å². The summed E-state index contributed by atoms with van der Waals surface area (Å²) >= 11 is 0. The molecule has 0 unspecified atom stereocenters. The monoisotopic (exact) mass is 337 g/mol. The summed E-state index contributed by atoms with van der Waals surface area (Å²) in [4.78, 5) is 21.0. The summed E-state index contributed by atoms with van der Waals surface area (Å²) in [6.45, 7) is 6.94. The Morgan fingerprint density at radius 1 is 1.20 bits per heavy atom. The minimum atomic E-state index is -0.212. The SMILES string of the molecule is Cc1cc(N2C[C@H]3CN(C(=O)OCc4ccccc4)C[C@H]32)cnc1C. The van der Waals surface area contributed by atoms with Crippen molar-refractivity contribution in [2.45, 2.75) is 26.5 Å². The van der Waals surface area contributed by atoms with E-state index in [2.05, 4.69) is 22.9 Å². The normalized spacial score (nSPS) is 21.7. The van der Waals surface area contributed by atoms with E-state index in [1.165, 1.54) is 5.56 Å². The Hall–Kier alpha value is -2.56. The molecule has 0 saturated carbocycles. The number of nitrogens with zero attached hydrogens (tertiary/aromatic N) is 3. The quantitative estimate of drug-likeness (QED) is 0.863. The predicted octanol–water partition coefficient (Wildman–Crippen LogP) is 3.16. The highest BCUT2D eigenvalue weighted by atomic mass is 16.6. The van der Waals surface area contributed by atoms with Gasteiger partial charge in [-0.3, -0.25) is 4.98 Å². The number of anilines is 1. The molecule has 4 rings (SSSR count). The van der Waals surface area contributed by atoms with E-state index in [0.29, 0.717) is 18.6 Å². The van der Waals surface area contributed by atoms with Crippen molar-refractivity contribution < 1.29 is 9.53 Å². The molecule has 2 fully saturated rings. The first-order chi connectivity index (χ1) is 12.1. The number of hydrogen-bond acceptors (Lipinski definition) is 4. The van der Waals surface area contributed by atoms with Gasteiger partial charge >= 0.3 is 6.09 Å². The summed E-state index contributed by atoms with van der Waals surface area (Å²) in [5.74, 6) is 0.533. The maximum absolute atomic E-state index is 12.4. The Morgan fingerprint density at radius 3 is 2.76 bits per heavy atom. The third-order valence-electron chi connectivity index (χ3n) is 5.36. The zero-order chi connectivity index (χ0) is 17.4. The number of aryl methyl sites for hydroxylation is 2. The largest absolute Gasteiger partial charge is 0.445 e. The number of pyridine rings is 1. The van der Waals surface area contributed by atoms with Crippen LogP contribution in [0.5, 0.6) is 0 Å². The third-order valence-corrected chi connectivity index (χ3v) is 5.36. The number of fused-ring (bicyclic) bond motifs is 1. The fourth-order valence-corrected chi connectivity index (χ4v) is 3.68. The van der Waals surface area contributed by atoms with Crippen LogP contribution in [-0.4, -0.2) is 41.7 Å². The van der Waals surface area contributed by atoms with E-state index in [1.807, 2.05) is 48.4 Å². The van der Waals surface area contributed by atoms with Crippen molar-refractivity contribution in [2.24, 2.45) is 5.92 Å². The molecule has 2 aromatic rings. The van der Waals surface area contributed by atoms with Gasteiger partial charge in [0.2, 0.25) is 0 Å². The number of hydrogen-bond donors (Lipinski definition) is 0. The van der Waals surface area contributed by atoms with Crippen molar-refractivity contribution in [2.75, 3.05) is 24.5 Å². The van der Waals surface area contributed by atoms with Gasteiger partial charge in [0.25, 0.3) is 0 Å². The number of benzene rings is 1. The highest BCUT2D eigenvalue weighted by molar-refractivity contribution is 5.69. The van der Waals surface area contributed by atoms with Crippen LogP contribution in [-0.2, 0) is 11.3 Å². The Morgan fingerprint density at radius 2 is 2.00 bits per heavy atom. The van der Waals surface area contributed by atoms with Crippen LogP contribution in [0.1, 0.15) is 16.8 Å². The molecular weight excluding hydrogens is 314 g/mol. The molecule has 25 heavy (non-hydrogen) atoms. The molecule has 2 saturated heterocycles. The maximum Gasteiger partial charge on any atom is 0.410 e. The van der Waals surface area contributed by atoms with Gasteiger partial charge in [0.05, 0.1) is 17.9 Å². The van der Waals surface area contributed by atoms with Crippen LogP contribution in [0.3, 0.4) is 0 Å². The second-order valence-electron chi connectivity index (χ2n) is 7.02. The second kappa shape index (κ2) is 6.39. The number of likely N-dealkylation sites (tertiary alicyclic amines) is 1. The summed E-state index contributed by atoms with van der Waals surface area (Å²) in [6, 6.07) is 12.4. The summed E-state index contributed by atoms with van der Waals surface area (Å²) in [6.07, 6.45) is 1.73. The first-order valence-corrected chi connectivity index (χ1v) is 8.77. The molecule has 0 N–H and O–H groups in total. The number of aromatic nitrogens is 1. The summed E-state index contributed by atoms with van der Waals surface area (Å²) in [7, 11) is 0. The van der Waals surface area contributed by atoms with Crippen molar-refractivity contribution in [1.29, 1.82) is 0 Å². The van der Waals surface area contributed by atoms with Crippen molar-refractivity contribution in [3.8, 4) is 0 Å². The topological polar surface area (TPSA) is 45.7 Å². The van der Waals surface area contributed by atoms with E-state index in [1.54, 1.807) is 0 Å². The van der Waals surface area contributed by atoms with Crippen molar-refractivity contribution >= 4 is 11.8 Å². The van der Waals surface area contributed by atoms with Gasteiger partial charge in [-0.1, -0.05) is 30.3 Å². The number of rotatable bonds is 3. The second-order valence-corrected chi connectivity index (χ2v) is 7.02. The van der Waals surface area contributed by atoms with E-state index in [0.717, 1.165) is 36.6 Å². The standard InChI is InChI=1S/C20H23N3O2/c1-14-8-18(9-21-15(14)2)23-11-17-10-22(12-19(17)23)20(24)25-13-16-6-4-3-5-7-16/h3-9,17,19H,10-13H2,1-2H3/t17-,19-/m1/s1. The lowest BCUT2D eigenvalue weighted by atomic mass is 9.91. The van der Waals surface area contributed by atoms with Crippen LogP contribution in [0, 0.1) is 19.8 Å². The van der Waals surface area contributed by atoms with E-state index < -0.39 is 0 Å². The fraction of sp³-hybridized carbons (Fsp3) is 0.400. The van der Waals surface area contributed by atoms with Crippen LogP contribution >= 0.6 is 0 Å². The molecule has 1 aromatic carbocycles. The van der Waals surface area contributed by atoms with E-state index in [-0.39, 0.29) is 6.09 Å². The van der Waals surface area contributed by atoms with E-state index in [9.17, 15) is 4.79 Å². The van der Waals surface area contributed by atoms with Crippen molar-refractivity contribution in [3.63, 3.8) is 0 Å². The molecule has 5 nitrogen and oxygen atoms in total. The zero-order valence-corrected chi connectivity index (χ0v) is 14.7. The first kappa shape index (κ1) is 15.9. The molecule has 3 heterocycles. The molecule has 2 atom stereocenters. The average Bonchev–Trinajstić information content (AvgIpc) is 2.94. The minimum Gasteiger partial charge on any atom is -0.445 e. The Labute approximate surface area is 148 Å². The van der Waals surface area contributed by atoms with Gasteiger partial charge < -0.3 is 14.5 Å². The van der Waals surface area contributed by atoms with E-state index in [4.69, 9.17) is 4.74 Å². The molecule has 1 amide bonds. The van der Waals surface area contributed by atoms with Crippen LogP contribution < -0.4 is 4.90 Å². The highest BCUT2D eigenvalue weighted by Crippen LogP contribution is 2.36. The minimum absolute atomic E-state index is 0.212.